The Morgan fingerprint density at radius 2 is 1.85 bits per heavy atom. The maximum atomic E-state index is 5.54. The first-order valence-electron chi connectivity index (χ1n) is 5.11. The molecule has 77 valence electrons. The Hall–Kier alpha value is 1.06. The van der Waals surface area contributed by atoms with Crippen LogP contribution in [0, 0.1) is 18.8 Å². The SMILES string of the molecule is [CH2-]C(CCC)COCC(C)CC.[Y]. The van der Waals surface area contributed by atoms with Gasteiger partial charge in [-0.05, 0) is 5.92 Å². The molecule has 0 aromatic heterocycles. The molecule has 1 radical (unpaired) electrons. The van der Waals surface area contributed by atoms with Gasteiger partial charge in [-0.15, -0.1) is 5.92 Å². The molecule has 1 nitrogen and oxygen atoms in total. The zero-order chi connectivity index (χ0) is 9.40. The van der Waals surface area contributed by atoms with Crippen LogP contribution in [-0.4, -0.2) is 13.2 Å². The van der Waals surface area contributed by atoms with E-state index in [0.29, 0.717) is 11.8 Å². The van der Waals surface area contributed by atoms with Gasteiger partial charge in [-0.2, -0.15) is 0 Å². The van der Waals surface area contributed by atoms with Gasteiger partial charge < -0.3 is 11.7 Å². The second-order valence-electron chi connectivity index (χ2n) is 3.71. The van der Waals surface area contributed by atoms with Crippen LogP contribution in [0.4, 0.5) is 0 Å². The Labute approximate surface area is 109 Å². The molecule has 0 saturated carbocycles. The summed E-state index contributed by atoms with van der Waals surface area (Å²) in [4.78, 5) is 0. The Balaban J connectivity index is 0. The van der Waals surface area contributed by atoms with Crippen molar-refractivity contribution < 1.29 is 37.4 Å². The summed E-state index contributed by atoms with van der Waals surface area (Å²) in [6.07, 6.45) is 3.59. The van der Waals surface area contributed by atoms with Crippen molar-refractivity contribution in [3.8, 4) is 0 Å². The topological polar surface area (TPSA) is 9.23 Å². The first-order valence-corrected chi connectivity index (χ1v) is 5.11. The third-order valence-electron chi connectivity index (χ3n) is 2.15. The fourth-order valence-electron chi connectivity index (χ4n) is 1.05. The molecule has 2 heteroatoms. The molecule has 0 aliphatic carbocycles. The van der Waals surface area contributed by atoms with E-state index in [1.165, 1.54) is 19.3 Å². The van der Waals surface area contributed by atoms with Crippen LogP contribution < -0.4 is 0 Å². The minimum absolute atomic E-state index is 0. The van der Waals surface area contributed by atoms with Gasteiger partial charge in [-0.1, -0.05) is 40.0 Å². The summed E-state index contributed by atoms with van der Waals surface area (Å²) in [5, 5.41) is 0. The zero-order valence-corrected chi connectivity index (χ0v) is 12.2. The molecular weight excluding hydrogens is 237 g/mol. The smallest absolute Gasteiger partial charge is 0.0490 e. The van der Waals surface area contributed by atoms with E-state index in [2.05, 4.69) is 27.7 Å². The van der Waals surface area contributed by atoms with Crippen LogP contribution in [0.25, 0.3) is 0 Å². The van der Waals surface area contributed by atoms with Crippen LogP contribution in [0.3, 0.4) is 0 Å². The van der Waals surface area contributed by atoms with E-state index < -0.39 is 0 Å². The average molecular weight is 260 g/mol. The fourth-order valence-corrected chi connectivity index (χ4v) is 1.05. The molecule has 0 heterocycles. The molecule has 0 N–H and O–H groups in total. The van der Waals surface area contributed by atoms with E-state index in [0.717, 1.165) is 13.2 Å². The van der Waals surface area contributed by atoms with Gasteiger partial charge in [0.15, 0.2) is 0 Å². The number of ether oxygens (including phenoxy) is 1. The summed E-state index contributed by atoms with van der Waals surface area (Å²) in [6, 6.07) is 0. The second-order valence-corrected chi connectivity index (χ2v) is 3.71. The van der Waals surface area contributed by atoms with E-state index in [9.17, 15) is 0 Å². The van der Waals surface area contributed by atoms with Gasteiger partial charge in [0.05, 0.1) is 0 Å². The van der Waals surface area contributed by atoms with Crippen LogP contribution >= 0.6 is 0 Å². The minimum atomic E-state index is 0. The maximum absolute atomic E-state index is 5.54. The summed E-state index contributed by atoms with van der Waals surface area (Å²) < 4.78 is 5.54. The normalized spacial score (nSPS) is 14.8. The molecule has 0 amide bonds. The van der Waals surface area contributed by atoms with Crippen molar-refractivity contribution in [2.45, 2.75) is 40.0 Å². The molecule has 0 aromatic carbocycles. The van der Waals surface area contributed by atoms with Gasteiger partial charge in [0.25, 0.3) is 0 Å². The van der Waals surface area contributed by atoms with Crippen LogP contribution in [0.5, 0.6) is 0 Å². The molecule has 0 spiro atoms. The quantitative estimate of drug-likeness (QED) is 0.638. The van der Waals surface area contributed by atoms with E-state index in [1.807, 2.05) is 0 Å². The number of hydrogen-bond acceptors (Lipinski definition) is 1. The summed E-state index contributed by atoms with van der Waals surface area (Å²) in [7, 11) is 0. The van der Waals surface area contributed by atoms with Crippen LogP contribution in [0.2, 0.25) is 0 Å². The minimum Gasteiger partial charge on any atom is -0.384 e. The molecule has 0 aliphatic heterocycles. The zero-order valence-electron chi connectivity index (χ0n) is 9.38. The van der Waals surface area contributed by atoms with Crippen LogP contribution in [-0.2, 0) is 37.4 Å². The van der Waals surface area contributed by atoms with Gasteiger partial charge in [0, 0.05) is 45.9 Å². The van der Waals surface area contributed by atoms with Crippen molar-refractivity contribution in [3.63, 3.8) is 0 Å². The Bertz CT molecular complexity index is 96.1. The summed E-state index contributed by atoms with van der Waals surface area (Å²) in [5.41, 5.74) is 0. The molecule has 0 fully saturated rings. The third-order valence-corrected chi connectivity index (χ3v) is 2.15. The maximum Gasteiger partial charge on any atom is 0.0490 e. The summed E-state index contributed by atoms with van der Waals surface area (Å²) in [5.74, 6) is 1.18. The molecule has 0 bridgehead atoms. The van der Waals surface area contributed by atoms with Crippen LogP contribution in [0.1, 0.15) is 40.0 Å². The standard InChI is InChI=1S/C11H23O.Y/c1-5-7-11(4)9-12-8-10(3)6-2;/h10-11H,4-9H2,1-3H3;/q-1;. The van der Waals surface area contributed by atoms with Crippen molar-refractivity contribution in [3.05, 3.63) is 6.92 Å². The monoisotopic (exact) mass is 260 g/mol. The van der Waals surface area contributed by atoms with Crippen molar-refractivity contribution >= 4 is 0 Å². The van der Waals surface area contributed by atoms with E-state index >= 15 is 0 Å². The van der Waals surface area contributed by atoms with Crippen molar-refractivity contribution in [1.82, 2.24) is 0 Å². The van der Waals surface area contributed by atoms with Crippen LogP contribution in [0.15, 0.2) is 0 Å². The van der Waals surface area contributed by atoms with E-state index in [1.54, 1.807) is 0 Å². The predicted octanol–water partition coefficient (Wildman–Crippen LogP) is 3.30. The van der Waals surface area contributed by atoms with Gasteiger partial charge >= 0.3 is 0 Å². The Kier molecular flexibility index (Phi) is 14.1. The predicted molar refractivity (Wildman–Crippen MR) is 54.0 cm³/mol. The first-order chi connectivity index (χ1) is 5.70. The molecule has 13 heavy (non-hydrogen) atoms. The van der Waals surface area contributed by atoms with Crippen molar-refractivity contribution in [2.24, 2.45) is 11.8 Å². The number of hydrogen-bond donors (Lipinski definition) is 0. The largest absolute Gasteiger partial charge is 0.384 e. The molecule has 0 rings (SSSR count). The summed E-state index contributed by atoms with van der Waals surface area (Å²) >= 11 is 0. The molecule has 0 aromatic rings. The fraction of sp³-hybridized carbons (Fsp3) is 0.909. The van der Waals surface area contributed by atoms with Crippen molar-refractivity contribution in [1.29, 1.82) is 0 Å². The van der Waals surface area contributed by atoms with E-state index in [4.69, 9.17) is 4.74 Å². The Morgan fingerprint density at radius 3 is 2.31 bits per heavy atom. The molecular formula is C11H23OY-. The third kappa shape index (κ3) is 11.0. The average Bonchev–Trinajstić information content (AvgIpc) is 2.04. The molecule has 0 saturated heterocycles. The van der Waals surface area contributed by atoms with Gasteiger partial charge in [0.2, 0.25) is 0 Å². The Morgan fingerprint density at radius 1 is 1.23 bits per heavy atom. The molecule has 0 aliphatic rings. The van der Waals surface area contributed by atoms with Gasteiger partial charge in [-0.3, -0.25) is 0 Å². The second kappa shape index (κ2) is 11.1. The molecule has 2 atom stereocenters. The van der Waals surface area contributed by atoms with Crippen molar-refractivity contribution in [2.75, 3.05) is 13.2 Å². The summed E-state index contributed by atoms with van der Waals surface area (Å²) in [6.45, 7) is 12.4. The molecule has 2 unspecified atom stereocenters. The van der Waals surface area contributed by atoms with Gasteiger partial charge in [0.1, 0.15) is 0 Å². The van der Waals surface area contributed by atoms with Gasteiger partial charge in [-0.25, -0.2) is 0 Å². The first kappa shape index (κ1) is 16.5. The number of rotatable bonds is 7. The van der Waals surface area contributed by atoms with E-state index in [-0.39, 0.29) is 32.7 Å².